The van der Waals surface area contributed by atoms with Crippen molar-refractivity contribution < 1.29 is 15.3 Å². The number of anilines is 1. The molecule has 5 N–H and O–H groups in total. The number of nitrogens with two attached hydrogens (primary N) is 1. The van der Waals surface area contributed by atoms with Crippen LogP contribution >= 0.6 is 11.8 Å². The highest BCUT2D eigenvalue weighted by molar-refractivity contribution is 8.00. The molecule has 0 radical (unpaired) electrons. The maximum atomic E-state index is 10.1. The number of aromatic nitrogens is 4. The monoisotopic (exact) mass is 283 g/mol. The van der Waals surface area contributed by atoms with E-state index in [4.69, 9.17) is 10.8 Å². The molecule has 2 aromatic heterocycles. The highest BCUT2D eigenvalue weighted by Crippen LogP contribution is 2.42. The van der Waals surface area contributed by atoms with Crippen molar-refractivity contribution in [1.29, 1.82) is 0 Å². The van der Waals surface area contributed by atoms with Crippen LogP contribution in [0.25, 0.3) is 11.2 Å². The first-order chi connectivity index (χ1) is 9.13. The van der Waals surface area contributed by atoms with Gasteiger partial charge in [0.15, 0.2) is 11.5 Å². The van der Waals surface area contributed by atoms with Crippen LogP contribution in [0.4, 0.5) is 5.82 Å². The highest BCUT2D eigenvalue weighted by Gasteiger charge is 2.43. The van der Waals surface area contributed by atoms with Crippen molar-refractivity contribution in [3.8, 4) is 0 Å². The average Bonchev–Trinajstić information content (AvgIpc) is 2.94. The molecule has 0 amide bonds. The van der Waals surface area contributed by atoms with E-state index >= 15 is 0 Å². The second-order valence-electron chi connectivity index (χ2n) is 4.31. The van der Waals surface area contributed by atoms with E-state index in [2.05, 4.69) is 15.0 Å². The Bertz CT molecular complexity index is 606. The molecule has 2 aromatic rings. The van der Waals surface area contributed by atoms with Gasteiger partial charge in [0.1, 0.15) is 23.3 Å². The van der Waals surface area contributed by atoms with E-state index in [0.717, 1.165) is 0 Å². The van der Waals surface area contributed by atoms with Gasteiger partial charge < -0.3 is 21.1 Å². The SMILES string of the molecule is Nc1ncnc2c1ncn2[C@@H]1S[C@H](CO)C(O)C1O. The quantitative estimate of drug-likeness (QED) is 0.537. The smallest absolute Gasteiger partial charge is 0.166 e. The second kappa shape index (κ2) is 4.60. The van der Waals surface area contributed by atoms with Gasteiger partial charge in [0.2, 0.25) is 0 Å². The molecule has 0 aliphatic carbocycles. The van der Waals surface area contributed by atoms with Crippen molar-refractivity contribution in [2.24, 2.45) is 0 Å². The zero-order valence-corrected chi connectivity index (χ0v) is 10.6. The summed E-state index contributed by atoms with van der Waals surface area (Å²) in [5.41, 5.74) is 6.65. The van der Waals surface area contributed by atoms with Crippen LogP contribution in [-0.2, 0) is 0 Å². The Labute approximate surface area is 112 Å². The van der Waals surface area contributed by atoms with Crippen LogP contribution in [0.5, 0.6) is 0 Å². The van der Waals surface area contributed by atoms with E-state index in [0.29, 0.717) is 11.2 Å². The average molecular weight is 283 g/mol. The van der Waals surface area contributed by atoms with Crippen LogP contribution < -0.4 is 5.73 Å². The predicted molar refractivity (Wildman–Crippen MR) is 69.3 cm³/mol. The van der Waals surface area contributed by atoms with E-state index in [9.17, 15) is 10.2 Å². The number of rotatable bonds is 2. The largest absolute Gasteiger partial charge is 0.395 e. The lowest BCUT2D eigenvalue weighted by Crippen LogP contribution is -2.32. The third-order valence-corrected chi connectivity index (χ3v) is 4.74. The Kier molecular flexibility index (Phi) is 3.05. The lowest BCUT2D eigenvalue weighted by atomic mass is 10.1. The van der Waals surface area contributed by atoms with E-state index in [1.54, 1.807) is 4.57 Å². The zero-order chi connectivity index (χ0) is 13.6. The molecule has 1 aliphatic rings. The highest BCUT2D eigenvalue weighted by atomic mass is 32.2. The summed E-state index contributed by atoms with van der Waals surface area (Å²) >= 11 is 1.28. The van der Waals surface area contributed by atoms with Crippen LogP contribution in [0.1, 0.15) is 5.37 Å². The van der Waals surface area contributed by atoms with Crippen molar-refractivity contribution >= 4 is 28.7 Å². The maximum absolute atomic E-state index is 10.1. The van der Waals surface area contributed by atoms with E-state index in [1.165, 1.54) is 24.4 Å². The van der Waals surface area contributed by atoms with Gasteiger partial charge in [-0.25, -0.2) is 15.0 Å². The van der Waals surface area contributed by atoms with Gasteiger partial charge in [-0.15, -0.1) is 11.8 Å². The summed E-state index contributed by atoms with van der Waals surface area (Å²) in [6.45, 7) is -0.205. The molecule has 0 bridgehead atoms. The molecule has 102 valence electrons. The second-order valence-corrected chi connectivity index (χ2v) is 5.67. The summed E-state index contributed by atoms with van der Waals surface area (Å²) in [7, 11) is 0. The van der Waals surface area contributed by atoms with Crippen LogP contribution in [-0.4, -0.2) is 58.9 Å². The molecule has 0 aromatic carbocycles. The number of fused-ring (bicyclic) bond motifs is 1. The van der Waals surface area contributed by atoms with Gasteiger partial charge in [-0.1, -0.05) is 0 Å². The lowest BCUT2D eigenvalue weighted by Gasteiger charge is -2.16. The van der Waals surface area contributed by atoms with Gasteiger partial charge in [-0.05, 0) is 0 Å². The van der Waals surface area contributed by atoms with Crippen LogP contribution in [0.2, 0.25) is 0 Å². The van der Waals surface area contributed by atoms with Crippen molar-refractivity contribution in [3.63, 3.8) is 0 Å². The minimum absolute atomic E-state index is 0.205. The number of aliphatic hydroxyl groups excluding tert-OH is 3. The van der Waals surface area contributed by atoms with Crippen molar-refractivity contribution in [2.45, 2.75) is 22.8 Å². The summed E-state index contributed by atoms with van der Waals surface area (Å²) in [5, 5.41) is 28.2. The molecule has 0 spiro atoms. The number of nitrogens with zero attached hydrogens (tertiary/aromatic N) is 4. The third kappa shape index (κ3) is 1.86. The topological polar surface area (TPSA) is 130 Å². The number of thioether (sulfide) groups is 1. The summed E-state index contributed by atoms with van der Waals surface area (Å²) < 4.78 is 1.64. The minimum atomic E-state index is -1.00. The summed E-state index contributed by atoms with van der Waals surface area (Å²) in [6.07, 6.45) is 0.831. The first-order valence-corrected chi connectivity index (χ1v) is 6.63. The molecule has 0 saturated carbocycles. The third-order valence-electron chi connectivity index (χ3n) is 3.18. The van der Waals surface area contributed by atoms with Gasteiger partial charge in [0, 0.05) is 0 Å². The number of nitrogen functional groups attached to an aromatic ring is 1. The van der Waals surface area contributed by atoms with Crippen LogP contribution in [0, 0.1) is 0 Å². The summed E-state index contributed by atoms with van der Waals surface area (Å²) in [6, 6.07) is 0. The van der Waals surface area contributed by atoms with Crippen molar-refractivity contribution in [2.75, 3.05) is 12.3 Å². The van der Waals surface area contributed by atoms with Gasteiger partial charge in [-0.3, -0.25) is 4.57 Å². The molecule has 4 atom stereocenters. The molecular formula is C10H13N5O3S. The Morgan fingerprint density at radius 3 is 2.74 bits per heavy atom. The Hall–Kier alpha value is -1.42. The molecule has 8 nitrogen and oxygen atoms in total. The van der Waals surface area contributed by atoms with E-state index < -0.39 is 22.8 Å². The molecule has 9 heteroatoms. The molecule has 19 heavy (non-hydrogen) atoms. The maximum Gasteiger partial charge on any atom is 0.166 e. The summed E-state index contributed by atoms with van der Waals surface area (Å²) in [5.74, 6) is 0.264. The summed E-state index contributed by atoms with van der Waals surface area (Å²) in [4.78, 5) is 12.1. The Morgan fingerprint density at radius 1 is 1.26 bits per heavy atom. The molecule has 3 rings (SSSR count). The Balaban J connectivity index is 2.04. The standard InChI is InChI=1S/C10H13N5O3S/c11-8-5-9(13-2-12-8)15(3-14-5)10-7(18)6(17)4(1-16)19-10/h2-4,6-7,10,16-18H,1H2,(H2,11,12,13)/t4-,6?,7?,10-/m1/s1. The normalized spacial score (nSPS) is 31.1. The molecule has 1 fully saturated rings. The molecular weight excluding hydrogens is 270 g/mol. The Morgan fingerprint density at radius 2 is 2.05 bits per heavy atom. The fourth-order valence-corrected chi connectivity index (χ4v) is 3.54. The lowest BCUT2D eigenvalue weighted by molar-refractivity contribution is 0.0113. The molecule has 1 saturated heterocycles. The first-order valence-electron chi connectivity index (χ1n) is 5.69. The van der Waals surface area contributed by atoms with Crippen LogP contribution in [0.15, 0.2) is 12.7 Å². The number of hydrogen-bond donors (Lipinski definition) is 4. The van der Waals surface area contributed by atoms with Gasteiger partial charge in [-0.2, -0.15) is 0 Å². The number of aliphatic hydroxyl groups is 3. The van der Waals surface area contributed by atoms with E-state index in [-0.39, 0.29) is 12.4 Å². The fourth-order valence-electron chi connectivity index (χ4n) is 2.17. The number of hydrogen-bond acceptors (Lipinski definition) is 8. The van der Waals surface area contributed by atoms with Gasteiger partial charge in [0.25, 0.3) is 0 Å². The molecule has 3 heterocycles. The van der Waals surface area contributed by atoms with Gasteiger partial charge >= 0.3 is 0 Å². The fraction of sp³-hybridized carbons (Fsp3) is 0.500. The minimum Gasteiger partial charge on any atom is -0.395 e. The van der Waals surface area contributed by atoms with E-state index in [1.807, 2.05) is 0 Å². The molecule has 1 aliphatic heterocycles. The zero-order valence-electron chi connectivity index (χ0n) is 9.79. The predicted octanol–water partition coefficient (Wildman–Crippen LogP) is -1.26. The first kappa shape index (κ1) is 12.6. The van der Waals surface area contributed by atoms with Gasteiger partial charge in [0.05, 0.1) is 24.3 Å². The van der Waals surface area contributed by atoms with Crippen LogP contribution in [0.3, 0.4) is 0 Å². The molecule has 2 unspecified atom stereocenters. The number of imidazole rings is 1. The van der Waals surface area contributed by atoms with Crippen molar-refractivity contribution in [3.05, 3.63) is 12.7 Å². The van der Waals surface area contributed by atoms with Crippen molar-refractivity contribution in [1.82, 2.24) is 19.5 Å².